The summed E-state index contributed by atoms with van der Waals surface area (Å²) >= 11 is 0. The van der Waals surface area contributed by atoms with E-state index in [0.29, 0.717) is 24.2 Å². The van der Waals surface area contributed by atoms with Crippen LogP contribution in [-0.4, -0.2) is 68.3 Å². The zero-order valence-electron chi connectivity index (χ0n) is 19.4. The van der Waals surface area contributed by atoms with Gasteiger partial charge in [0.1, 0.15) is 0 Å². The Labute approximate surface area is 173 Å². The standard InChI is InChI=1S/C23H41N5/c1-10-11-12-13-21(8)28-17-16-27(20(6)7)23(28)24(9)22-25(18(2)3)14-15-26(22)19(4)5/h14-23H,12-13H2,1-9H3. The maximum Gasteiger partial charge on any atom is 0.163 e. The molecule has 0 aliphatic carbocycles. The van der Waals surface area contributed by atoms with Gasteiger partial charge in [0.15, 0.2) is 12.6 Å². The maximum atomic E-state index is 3.23. The summed E-state index contributed by atoms with van der Waals surface area (Å²) in [5.41, 5.74) is 0. The first kappa shape index (κ1) is 22.5. The van der Waals surface area contributed by atoms with Gasteiger partial charge in [0.25, 0.3) is 0 Å². The highest BCUT2D eigenvalue weighted by Gasteiger charge is 2.42. The molecular formula is C23H41N5. The molecule has 0 amide bonds. The molecule has 2 aliphatic rings. The number of rotatable bonds is 8. The zero-order chi connectivity index (χ0) is 21.0. The topological polar surface area (TPSA) is 16.2 Å². The molecule has 0 fully saturated rings. The smallest absolute Gasteiger partial charge is 0.163 e. The van der Waals surface area contributed by atoms with E-state index >= 15 is 0 Å². The van der Waals surface area contributed by atoms with Crippen molar-refractivity contribution in [2.24, 2.45) is 0 Å². The van der Waals surface area contributed by atoms with Gasteiger partial charge in [-0.25, -0.2) is 4.90 Å². The summed E-state index contributed by atoms with van der Waals surface area (Å²) in [4.78, 5) is 12.4. The fourth-order valence-electron chi connectivity index (χ4n) is 4.13. The van der Waals surface area contributed by atoms with Crippen LogP contribution in [0, 0.1) is 11.8 Å². The third-order valence-corrected chi connectivity index (χ3v) is 5.78. The minimum Gasteiger partial charge on any atom is -0.341 e. The van der Waals surface area contributed by atoms with Gasteiger partial charge in [-0.05, 0) is 68.9 Å². The van der Waals surface area contributed by atoms with Crippen LogP contribution in [0.15, 0.2) is 24.8 Å². The second-order valence-electron chi connectivity index (χ2n) is 8.84. The Kier molecular flexibility index (Phi) is 7.71. The highest BCUT2D eigenvalue weighted by Crippen LogP contribution is 2.31. The lowest BCUT2D eigenvalue weighted by Crippen LogP contribution is -2.64. The van der Waals surface area contributed by atoms with Crippen molar-refractivity contribution in [2.45, 2.75) is 105 Å². The first-order chi connectivity index (χ1) is 13.2. The van der Waals surface area contributed by atoms with Gasteiger partial charge in [-0.15, -0.1) is 11.8 Å². The SMILES string of the molecule is CC#CCCC(C)N1C=CN(C(C)C)C1N(C)C1N(C(C)C)C=CN1C(C)C. The third kappa shape index (κ3) is 4.60. The van der Waals surface area contributed by atoms with Crippen LogP contribution in [0.25, 0.3) is 0 Å². The van der Waals surface area contributed by atoms with Crippen LogP contribution >= 0.6 is 0 Å². The van der Waals surface area contributed by atoms with E-state index in [1.807, 2.05) is 6.92 Å². The van der Waals surface area contributed by atoms with Crippen molar-refractivity contribution >= 4 is 0 Å². The van der Waals surface area contributed by atoms with Crippen molar-refractivity contribution in [3.05, 3.63) is 24.8 Å². The predicted octanol–water partition coefficient (Wildman–Crippen LogP) is 4.08. The Morgan fingerprint density at radius 2 is 1.14 bits per heavy atom. The van der Waals surface area contributed by atoms with Crippen molar-refractivity contribution in [3.8, 4) is 11.8 Å². The summed E-state index contributed by atoms with van der Waals surface area (Å²) < 4.78 is 0. The molecule has 5 heteroatoms. The average molecular weight is 388 g/mol. The van der Waals surface area contributed by atoms with Crippen LogP contribution in [0.3, 0.4) is 0 Å². The van der Waals surface area contributed by atoms with Crippen molar-refractivity contribution in [2.75, 3.05) is 7.05 Å². The van der Waals surface area contributed by atoms with Gasteiger partial charge in [0, 0.05) is 55.4 Å². The van der Waals surface area contributed by atoms with Crippen LogP contribution < -0.4 is 0 Å². The van der Waals surface area contributed by atoms with Crippen molar-refractivity contribution in [1.29, 1.82) is 0 Å². The molecule has 0 saturated carbocycles. The largest absolute Gasteiger partial charge is 0.341 e. The van der Waals surface area contributed by atoms with E-state index in [-0.39, 0.29) is 12.6 Å². The van der Waals surface area contributed by atoms with Gasteiger partial charge in [0.05, 0.1) is 0 Å². The van der Waals surface area contributed by atoms with Gasteiger partial charge in [-0.1, -0.05) is 0 Å². The van der Waals surface area contributed by atoms with Crippen LogP contribution in [0.4, 0.5) is 0 Å². The van der Waals surface area contributed by atoms with Crippen molar-refractivity contribution < 1.29 is 0 Å². The lowest BCUT2D eigenvalue weighted by molar-refractivity contribution is -0.118. The fourth-order valence-corrected chi connectivity index (χ4v) is 4.13. The lowest BCUT2D eigenvalue weighted by atomic mass is 10.1. The molecule has 0 bridgehead atoms. The van der Waals surface area contributed by atoms with E-state index in [1.165, 1.54) is 0 Å². The van der Waals surface area contributed by atoms with Crippen LogP contribution in [0.1, 0.15) is 68.2 Å². The summed E-state index contributed by atoms with van der Waals surface area (Å²) in [6.07, 6.45) is 11.4. The quantitative estimate of drug-likeness (QED) is 0.582. The minimum absolute atomic E-state index is 0.192. The van der Waals surface area contributed by atoms with E-state index < -0.39 is 0 Å². The molecule has 2 rings (SSSR count). The normalized spacial score (nSPS) is 21.1. The van der Waals surface area contributed by atoms with Gasteiger partial charge in [-0.3, -0.25) is 0 Å². The summed E-state index contributed by atoms with van der Waals surface area (Å²) in [6.45, 7) is 17.9. The molecular weight excluding hydrogens is 346 g/mol. The maximum absolute atomic E-state index is 3.23. The Morgan fingerprint density at radius 3 is 1.54 bits per heavy atom. The fraction of sp³-hybridized carbons (Fsp3) is 0.739. The summed E-state index contributed by atoms with van der Waals surface area (Å²) in [5.74, 6) is 6.25. The van der Waals surface area contributed by atoms with Crippen molar-refractivity contribution in [3.63, 3.8) is 0 Å². The first-order valence-corrected chi connectivity index (χ1v) is 10.8. The van der Waals surface area contributed by atoms with E-state index in [4.69, 9.17) is 0 Å². The molecule has 2 aliphatic heterocycles. The average Bonchev–Trinajstić information content (AvgIpc) is 3.26. The lowest BCUT2D eigenvalue weighted by Gasteiger charge is -2.50. The first-order valence-electron chi connectivity index (χ1n) is 10.8. The molecule has 2 atom stereocenters. The molecule has 2 unspecified atom stereocenters. The summed E-state index contributed by atoms with van der Waals surface area (Å²) in [5, 5.41) is 0. The Balaban J connectivity index is 2.30. The molecule has 0 N–H and O–H groups in total. The second-order valence-corrected chi connectivity index (χ2v) is 8.84. The van der Waals surface area contributed by atoms with Crippen LogP contribution in [0.5, 0.6) is 0 Å². The number of hydrogen-bond acceptors (Lipinski definition) is 5. The van der Waals surface area contributed by atoms with E-state index in [0.717, 1.165) is 12.8 Å². The van der Waals surface area contributed by atoms with E-state index in [2.05, 4.69) is 117 Å². The third-order valence-electron chi connectivity index (χ3n) is 5.78. The molecule has 0 saturated heterocycles. The second kappa shape index (κ2) is 9.60. The molecule has 158 valence electrons. The molecule has 2 heterocycles. The number of nitrogens with zero attached hydrogens (tertiary/aromatic N) is 5. The Morgan fingerprint density at radius 1 is 0.750 bits per heavy atom. The van der Waals surface area contributed by atoms with Crippen LogP contribution in [0.2, 0.25) is 0 Å². The molecule has 0 radical (unpaired) electrons. The van der Waals surface area contributed by atoms with Gasteiger partial charge < -0.3 is 19.6 Å². The summed E-state index contributed by atoms with van der Waals surface area (Å²) in [6, 6.07) is 1.76. The molecule has 5 nitrogen and oxygen atoms in total. The zero-order valence-corrected chi connectivity index (χ0v) is 19.4. The van der Waals surface area contributed by atoms with E-state index in [9.17, 15) is 0 Å². The molecule has 0 aromatic carbocycles. The Bertz CT molecular complexity index is 594. The van der Waals surface area contributed by atoms with Crippen LogP contribution in [-0.2, 0) is 0 Å². The molecule has 28 heavy (non-hydrogen) atoms. The minimum atomic E-state index is 0.192. The predicted molar refractivity (Wildman–Crippen MR) is 119 cm³/mol. The molecule has 0 spiro atoms. The monoisotopic (exact) mass is 387 g/mol. The molecule has 0 aromatic rings. The highest BCUT2D eigenvalue weighted by atomic mass is 15.6. The highest BCUT2D eigenvalue weighted by molar-refractivity contribution is 5.05. The molecule has 0 aromatic heterocycles. The summed E-state index contributed by atoms with van der Waals surface area (Å²) in [7, 11) is 2.26. The van der Waals surface area contributed by atoms with Gasteiger partial charge >= 0.3 is 0 Å². The number of hydrogen-bond donors (Lipinski definition) is 0. The van der Waals surface area contributed by atoms with Crippen molar-refractivity contribution in [1.82, 2.24) is 24.5 Å². The van der Waals surface area contributed by atoms with Gasteiger partial charge in [-0.2, -0.15) is 0 Å². The Hall–Kier alpha value is -1.80. The van der Waals surface area contributed by atoms with E-state index in [1.54, 1.807) is 0 Å². The van der Waals surface area contributed by atoms with Gasteiger partial charge in [0.2, 0.25) is 0 Å².